The largest absolute Gasteiger partial charge is 0.488 e. The van der Waals surface area contributed by atoms with Crippen LogP contribution >= 0.6 is 0 Å². The average molecular weight is 514 g/mol. The molecule has 2 fully saturated rings. The van der Waals surface area contributed by atoms with E-state index in [9.17, 15) is 17.6 Å². The first-order valence-corrected chi connectivity index (χ1v) is 13.8. The Bertz CT molecular complexity index is 1380. The van der Waals surface area contributed by atoms with Crippen LogP contribution in [0, 0.1) is 5.92 Å². The number of hydrogen-bond donors (Lipinski definition) is 0. The fraction of sp³-hybridized carbons (Fsp3) is 0.423. The number of amides is 1. The van der Waals surface area contributed by atoms with E-state index in [2.05, 4.69) is 9.97 Å². The fourth-order valence-electron chi connectivity index (χ4n) is 4.99. The summed E-state index contributed by atoms with van der Waals surface area (Å²) in [4.78, 5) is 23.4. The van der Waals surface area contributed by atoms with Crippen LogP contribution in [0.5, 0.6) is 11.6 Å². The van der Waals surface area contributed by atoms with Crippen LogP contribution < -0.4 is 9.47 Å². The molecule has 190 valence electrons. The number of fused-ring (bicyclic) bond motifs is 1. The Balaban J connectivity index is 1.32. The quantitative estimate of drug-likeness (QED) is 0.497. The molecule has 0 N–H and O–H groups in total. The number of pyridine rings is 2. The van der Waals surface area contributed by atoms with Gasteiger partial charge in [-0.1, -0.05) is 0 Å². The minimum absolute atomic E-state index is 0.0247. The molecule has 4 heterocycles. The molecule has 36 heavy (non-hydrogen) atoms. The van der Waals surface area contributed by atoms with Gasteiger partial charge in [0, 0.05) is 47.8 Å². The van der Waals surface area contributed by atoms with Gasteiger partial charge in [-0.25, -0.2) is 17.8 Å². The molecule has 2 aliphatic heterocycles. The van der Waals surface area contributed by atoms with Gasteiger partial charge < -0.3 is 14.4 Å². The number of hydrogen-bond acceptors (Lipinski definition) is 7. The third-order valence-electron chi connectivity index (χ3n) is 6.95. The number of aromatic nitrogens is 2. The number of sulfone groups is 1. The molecule has 1 atom stereocenters. The van der Waals surface area contributed by atoms with Crippen LogP contribution in [0.3, 0.4) is 0 Å². The Morgan fingerprint density at radius 3 is 2.69 bits per heavy atom. The van der Waals surface area contributed by atoms with E-state index in [1.807, 2.05) is 24.3 Å². The van der Waals surface area contributed by atoms with Gasteiger partial charge in [0.2, 0.25) is 11.8 Å². The third-order valence-corrected chi connectivity index (χ3v) is 8.67. The smallest absolute Gasteiger partial charge is 0.225 e. The zero-order chi connectivity index (χ0) is 25.3. The first-order chi connectivity index (χ1) is 17.4. The Hall–Kier alpha value is -3.27. The highest BCUT2D eigenvalue weighted by Gasteiger charge is 2.35. The molecule has 1 unspecified atom stereocenters. The van der Waals surface area contributed by atoms with Gasteiger partial charge in [-0.05, 0) is 48.7 Å². The molecule has 0 radical (unpaired) electrons. The fourth-order valence-corrected chi connectivity index (χ4v) is 6.48. The van der Waals surface area contributed by atoms with Gasteiger partial charge in [-0.15, -0.1) is 0 Å². The Morgan fingerprint density at radius 1 is 1.14 bits per heavy atom. The van der Waals surface area contributed by atoms with Crippen LogP contribution in [-0.2, 0) is 21.3 Å². The summed E-state index contributed by atoms with van der Waals surface area (Å²) in [6.07, 6.45) is 4.70. The van der Waals surface area contributed by atoms with E-state index in [4.69, 9.17) is 9.47 Å². The second-order valence-corrected chi connectivity index (χ2v) is 11.6. The lowest BCUT2D eigenvalue weighted by molar-refractivity contribution is -0.135. The number of alkyl halides is 1. The summed E-state index contributed by atoms with van der Waals surface area (Å²) >= 11 is 0. The van der Waals surface area contributed by atoms with E-state index in [0.717, 1.165) is 22.0 Å². The molecule has 10 heteroatoms. The monoisotopic (exact) mass is 513 g/mol. The van der Waals surface area contributed by atoms with E-state index in [0.29, 0.717) is 43.7 Å². The number of likely N-dealkylation sites (tertiary alicyclic amines) is 1. The van der Waals surface area contributed by atoms with Crippen molar-refractivity contribution in [2.24, 2.45) is 5.92 Å². The van der Waals surface area contributed by atoms with Crippen LogP contribution in [0.15, 0.2) is 42.7 Å². The Labute approximate surface area is 209 Å². The lowest BCUT2D eigenvalue weighted by Crippen LogP contribution is -2.39. The predicted octanol–water partition coefficient (Wildman–Crippen LogP) is 3.58. The molecule has 1 amide bonds. The summed E-state index contributed by atoms with van der Waals surface area (Å²) in [5.74, 6) is 0.888. The molecule has 3 aromatic rings. The number of ether oxygens (including phenoxy) is 2. The first-order valence-electron chi connectivity index (χ1n) is 12.0. The summed E-state index contributed by atoms with van der Waals surface area (Å²) in [7, 11) is -1.54. The van der Waals surface area contributed by atoms with Crippen LogP contribution in [0.25, 0.3) is 22.0 Å². The highest BCUT2D eigenvalue weighted by atomic mass is 32.2. The Morgan fingerprint density at radius 2 is 1.94 bits per heavy atom. The van der Waals surface area contributed by atoms with Crippen molar-refractivity contribution < 1.29 is 27.1 Å². The van der Waals surface area contributed by atoms with Crippen molar-refractivity contribution in [1.29, 1.82) is 0 Å². The number of rotatable bonds is 6. The zero-order valence-electron chi connectivity index (χ0n) is 20.0. The number of benzene rings is 1. The molecule has 0 aliphatic carbocycles. The topological polar surface area (TPSA) is 98.7 Å². The second-order valence-electron chi connectivity index (χ2n) is 9.30. The van der Waals surface area contributed by atoms with E-state index in [1.54, 1.807) is 23.4 Å². The van der Waals surface area contributed by atoms with Gasteiger partial charge in [-0.2, -0.15) is 0 Å². The van der Waals surface area contributed by atoms with Gasteiger partial charge >= 0.3 is 0 Å². The molecule has 2 saturated heterocycles. The van der Waals surface area contributed by atoms with E-state index < -0.39 is 16.5 Å². The molecule has 5 rings (SSSR count). The number of carbonyl (C=O) groups excluding carboxylic acids is 1. The Kier molecular flexibility index (Phi) is 6.79. The van der Waals surface area contributed by atoms with Crippen LogP contribution in [0.2, 0.25) is 0 Å². The lowest BCUT2D eigenvalue weighted by Gasteiger charge is -2.26. The molecule has 8 nitrogen and oxygen atoms in total. The number of methoxy groups -OCH3 is 1. The molecule has 0 spiro atoms. The summed E-state index contributed by atoms with van der Waals surface area (Å²) in [6.45, 7) is 0.383. The van der Waals surface area contributed by atoms with E-state index in [-0.39, 0.29) is 35.3 Å². The predicted molar refractivity (Wildman–Crippen MR) is 133 cm³/mol. The maximum Gasteiger partial charge on any atom is 0.225 e. The lowest BCUT2D eigenvalue weighted by atomic mass is 10.0. The van der Waals surface area contributed by atoms with Gasteiger partial charge in [0.05, 0.1) is 30.7 Å². The third kappa shape index (κ3) is 5.00. The molecular weight excluding hydrogens is 485 g/mol. The van der Waals surface area contributed by atoms with E-state index >= 15 is 0 Å². The van der Waals surface area contributed by atoms with Crippen molar-refractivity contribution in [2.45, 2.75) is 32.0 Å². The van der Waals surface area contributed by atoms with Gasteiger partial charge in [0.1, 0.15) is 28.4 Å². The van der Waals surface area contributed by atoms with Crippen molar-refractivity contribution in [3.63, 3.8) is 0 Å². The van der Waals surface area contributed by atoms with Crippen molar-refractivity contribution in [3.8, 4) is 22.8 Å². The summed E-state index contributed by atoms with van der Waals surface area (Å²) in [5.41, 5.74) is 2.75. The molecule has 2 aliphatic rings. The van der Waals surface area contributed by atoms with Gasteiger partial charge in [0.25, 0.3) is 0 Å². The zero-order valence-corrected chi connectivity index (χ0v) is 20.8. The van der Waals surface area contributed by atoms with Crippen LogP contribution in [-0.4, -0.2) is 67.0 Å². The summed E-state index contributed by atoms with van der Waals surface area (Å²) in [5, 5.41) is 0.848. The first kappa shape index (κ1) is 24.4. The molecule has 1 aromatic carbocycles. The number of carbonyl (C=O) groups is 1. The maximum atomic E-state index is 13.5. The highest BCUT2D eigenvalue weighted by molar-refractivity contribution is 7.91. The normalized spacial score (nSPS) is 19.9. The summed E-state index contributed by atoms with van der Waals surface area (Å²) < 4.78 is 48.3. The molecule has 2 aromatic heterocycles. The van der Waals surface area contributed by atoms with Crippen molar-refractivity contribution >= 4 is 26.6 Å². The molecular formula is C26H28FN3O5S. The van der Waals surface area contributed by atoms with Gasteiger partial charge in [0.15, 0.2) is 0 Å². The SMILES string of the molecule is COc1ncc(-c2ccnc3ccc(OC4CCN(C(=O)C5CCS(=O)(=O)CC5)C4)cc23)cc1CF. The van der Waals surface area contributed by atoms with Gasteiger partial charge in [-0.3, -0.25) is 9.78 Å². The number of nitrogens with zero attached hydrogens (tertiary/aromatic N) is 3. The standard InChI is InChI=1S/C26H28FN3O5S/c1-34-25-18(14-27)12-19(15-29-25)22-4-8-28-24-3-2-20(13-23(22)24)35-21-5-9-30(16-21)26(31)17-6-10-36(32,33)11-7-17/h2-4,8,12-13,15,17,21H,5-7,9-11,14,16H2,1H3. The van der Waals surface area contributed by atoms with Crippen LogP contribution in [0.4, 0.5) is 4.39 Å². The van der Waals surface area contributed by atoms with Crippen LogP contribution in [0.1, 0.15) is 24.8 Å². The number of halogens is 1. The highest BCUT2D eigenvalue weighted by Crippen LogP contribution is 2.33. The second kappa shape index (κ2) is 10.0. The minimum atomic E-state index is -3.00. The van der Waals surface area contributed by atoms with Crippen molar-refractivity contribution in [3.05, 3.63) is 48.3 Å². The summed E-state index contributed by atoms with van der Waals surface area (Å²) in [6, 6.07) is 9.23. The maximum absolute atomic E-state index is 13.5. The molecule has 0 saturated carbocycles. The van der Waals surface area contributed by atoms with Crippen molar-refractivity contribution in [1.82, 2.24) is 14.9 Å². The van der Waals surface area contributed by atoms with Crippen molar-refractivity contribution in [2.75, 3.05) is 31.7 Å². The minimum Gasteiger partial charge on any atom is -0.488 e. The van der Waals surface area contributed by atoms with E-state index in [1.165, 1.54) is 7.11 Å². The molecule has 0 bridgehead atoms. The average Bonchev–Trinajstić information content (AvgIpc) is 3.36.